The summed E-state index contributed by atoms with van der Waals surface area (Å²) in [7, 11) is 0. The lowest BCUT2D eigenvalue weighted by Gasteiger charge is -2.19. The molecule has 0 bridgehead atoms. The Morgan fingerprint density at radius 3 is 2.67 bits per heavy atom. The Kier molecular flexibility index (Phi) is 6.95. The third-order valence-corrected chi connectivity index (χ3v) is 5.90. The van der Waals surface area contributed by atoms with Gasteiger partial charge in [-0.15, -0.1) is 6.58 Å². The molecule has 0 saturated heterocycles. The molecule has 2 aromatic carbocycles. The van der Waals surface area contributed by atoms with Crippen molar-refractivity contribution in [2.75, 3.05) is 0 Å². The van der Waals surface area contributed by atoms with Crippen LogP contribution in [0.4, 0.5) is 4.39 Å². The van der Waals surface area contributed by atoms with E-state index in [4.69, 9.17) is 11.6 Å². The molecule has 8 heteroatoms. The maximum atomic E-state index is 13.1. The molecule has 0 aliphatic heterocycles. The fourth-order valence-electron chi connectivity index (χ4n) is 2.93. The van der Waals surface area contributed by atoms with Gasteiger partial charge in [0, 0.05) is 11.6 Å². The number of carbonyl (C=O) groups excluding carboxylic acids is 1. The summed E-state index contributed by atoms with van der Waals surface area (Å²) in [6, 6.07) is 10.6. The van der Waals surface area contributed by atoms with Crippen molar-refractivity contribution in [3.8, 4) is 0 Å². The standard InChI is InChI=1S/C22H21ClFN3O2S/c1-4-11-27-21(29)18-10-7-16(23)12-19(18)26-22(27)30-14(3)20(28)25-13(2)15-5-8-17(24)9-6-15/h4-10,12-14H,1,11H2,2-3H3,(H,25,28). The molecule has 1 aromatic heterocycles. The number of carbonyl (C=O) groups is 1. The number of amides is 1. The lowest BCUT2D eigenvalue weighted by atomic mass is 10.1. The quantitative estimate of drug-likeness (QED) is 0.324. The molecule has 1 heterocycles. The van der Waals surface area contributed by atoms with Gasteiger partial charge in [-0.2, -0.15) is 0 Å². The summed E-state index contributed by atoms with van der Waals surface area (Å²) in [5.41, 5.74) is 1.05. The fourth-order valence-corrected chi connectivity index (χ4v) is 4.02. The van der Waals surface area contributed by atoms with Crippen molar-refractivity contribution >= 4 is 40.2 Å². The van der Waals surface area contributed by atoms with Gasteiger partial charge in [0.25, 0.3) is 5.56 Å². The van der Waals surface area contributed by atoms with E-state index in [1.54, 1.807) is 43.3 Å². The average molecular weight is 446 g/mol. The lowest BCUT2D eigenvalue weighted by molar-refractivity contribution is -0.120. The number of halogens is 2. The summed E-state index contributed by atoms with van der Waals surface area (Å²) >= 11 is 7.23. The number of rotatable bonds is 7. The van der Waals surface area contributed by atoms with E-state index in [2.05, 4.69) is 16.9 Å². The summed E-state index contributed by atoms with van der Waals surface area (Å²) in [4.78, 5) is 30.1. The van der Waals surface area contributed by atoms with Crippen LogP contribution in [0.15, 0.2) is 65.1 Å². The topological polar surface area (TPSA) is 64.0 Å². The summed E-state index contributed by atoms with van der Waals surface area (Å²) in [5.74, 6) is -0.550. The van der Waals surface area contributed by atoms with Crippen molar-refractivity contribution in [3.63, 3.8) is 0 Å². The second kappa shape index (κ2) is 9.45. The van der Waals surface area contributed by atoms with Crippen molar-refractivity contribution in [3.05, 3.63) is 81.9 Å². The zero-order chi connectivity index (χ0) is 21.8. The first-order valence-corrected chi connectivity index (χ1v) is 10.6. The maximum Gasteiger partial charge on any atom is 0.262 e. The number of aromatic nitrogens is 2. The van der Waals surface area contributed by atoms with Crippen LogP contribution in [0.5, 0.6) is 0 Å². The van der Waals surface area contributed by atoms with E-state index in [0.29, 0.717) is 21.1 Å². The van der Waals surface area contributed by atoms with E-state index in [1.165, 1.54) is 28.5 Å². The van der Waals surface area contributed by atoms with Gasteiger partial charge < -0.3 is 5.32 Å². The highest BCUT2D eigenvalue weighted by molar-refractivity contribution is 8.00. The van der Waals surface area contributed by atoms with Crippen molar-refractivity contribution in [2.24, 2.45) is 0 Å². The zero-order valence-electron chi connectivity index (χ0n) is 16.6. The molecule has 3 rings (SSSR count). The van der Waals surface area contributed by atoms with Crippen LogP contribution in [0.25, 0.3) is 10.9 Å². The minimum absolute atomic E-state index is 0.216. The van der Waals surface area contributed by atoms with E-state index < -0.39 is 5.25 Å². The van der Waals surface area contributed by atoms with Gasteiger partial charge in [-0.25, -0.2) is 9.37 Å². The predicted molar refractivity (Wildman–Crippen MR) is 119 cm³/mol. The minimum atomic E-state index is -0.521. The molecule has 30 heavy (non-hydrogen) atoms. The highest BCUT2D eigenvalue weighted by atomic mass is 35.5. The number of allylic oxidation sites excluding steroid dienone is 1. The smallest absolute Gasteiger partial charge is 0.262 e. The van der Waals surface area contributed by atoms with E-state index in [9.17, 15) is 14.0 Å². The maximum absolute atomic E-state index is 13.1. The number of thioether (sulfide) groups is 1. The van der Waals surface area contributed by atoms with Crippen molar-refractivity contribution in [1.29, 1.82) is 0 Å². The number of hydrogen-bond acceptors (Lipinski definition) is 4. The zero-order valence-corrected chi connectivity index (χ0v) is 18.1. The van der Waals surface area contributed by atoms with Crippen LogP contribution in [-0.2, 0) is 11.3 Å². The molecule has 0 aliphatic carbocycles. The number of nitrogens with zero attached hydrogens (tertiary/aromatic N) is 2. The first-order valence-electron chi connectivity index (χ1n) is 9.33. The SMILES string of the molecule is C=CCn1c(SC(C)C(=O)NC(C)c2ccc(F)cc2)nc2cc(Cl)ccc2c1=O. The summed E-state index contributed by atoms with van der Waals surface area (Å²) in [6.07, 6.45) is 1.61. The normalized spacial score (nSPS) is 13.1. The Morgan fingerprint density at radius 2 is 2.00 bits per heavy atom. The van der Waals surface area contributed by atoms with Crippen molar-refractivity contribution in [2.45, 2.75) is 36.8 Å². The molecule has 0 saturated carbocycles. The Morgan fingerprint density at radius 1 is 1.30 bits per heavy atom. The molecule has 2 atom stereocenters. The van der Waals surface area contributed by atoms with Gasteiger partial charge in [-0.1, -0.05) is 41.6 Å². The molecular weight excluding hydrogens is 425 g/mol. The number of benzene rings is 2. The van der Waals surface area contributed by atoms with E-state index in [1.807, 2.05) is 6.92 Å². The number of fused-ring (bicyclic) bond motifs is 1. The second-order valence-electron chi connectivity index (χ2n) is 6.80. The summed E-state index contributed by atoms with van der Waals surface area (Å²) in [6.45, 7) is 7.54. The average Bonchev–Trinajstić information content (AvgIpc) is 2.71. The number of hydrogen-bond donors (Lipinski definition) is 1. The van der Waals surface area contributed by atoms with Gasteiger partial charge in [0.15, 0.2) is 5.16 Å². The molecule has 0 radical (unpaired) electrons. The van der Waals surface area contributed by atoms with Crippen LogP contribution in [0, 0.1) is 5.82 Å². The highest BCUT2D eigenvalue weighted by Crippen LogP contribution is 2.25. The predicted octanol–water partition coefficient (Wildman–Crippen LogP) is 4.73. The summed E-state index contributed by atoms with van der Waals surface area (Å²) in [5, 5.41) is 3.73. The van der Waals surface area contributed by atoms with Crippen LogP contribution in [0.3, 0.4) is 0 Å². The molecule has 2 unspecified atom stereocenters. The molecule has 156 valence electrons. The van der Waals surface area contributed by atoms with Crippen molar-refractivity contribution in [1.82, 2.24) is 14.9 Å². The van der Waals surface area contributed by atoms with Crippen LogP contribution in [0.2, 0.25) is 5.02 Å². The van der Waals surface area contributed by atoms with Gasteiger partial charge in [-0.3, -0.25) is 14.2 Å². The Hall–Kier alpha value is -2.64. The Labute approximate surface area is 183 Å². The van der Waals surface area contributed by atoms with Gasteiger partial charge in [0.05, 0.1) is 22.2 Å². The van der Waals surface area contributed by atoms with Gasteiger partial charge >= 0.3 is 0 Å². The molecule has 0 fully saturated rings. The van der Waals surface area contributed by atoms with Crippen LogP contribution < -0.4 is 10.9 Å². The van der Waals surface area contributed by atoms with Gasteiger partial charge in [0.2, 0.25) is 5.91 Å². The first kappa shape index (κ1) is 22.1. The third-order valence-electron chi connectivity index (χ3n) is 4.57. The monoisotopic (exact) mass is 445 g/mol. The van der Waals surface area contributed by atoms with Crippen LogP contribution in [0.1, 0.15) is 25.5 Å². The number of nitrogens with one attached hydrogen (secondary N) is 1. The van der Waals surface area contributed by atoms with E-state index in [-0.39, 0.29) is 29.9 Å². The largest absolute Gasteiger partial charge is 0.349 e. The molecule has 0 spiro atoms. The molecule has 0 aliphatic rings. The second-order valence-corrected chi connectivity index (χ2v) is 8.55. The van der Waals surface area contributed by atoms with Gasteiger partial charge in [0.1, 0.15) is 5.82 Å². The van der Waals surface area contributed by atoms with E-state index >= 15 is 0 Å². The fraction of sp³-hybridized carbons (Fsp3) is 0.227. The van der Waals surface area contributed by atoms with Crippen LogP contribution in [-0.4, -0.2) is 20.7 Å². The Balaban J connectivity index is 1.84. The lowest BCUT2D eigenvalue weighted by Crippen LogP contribution is -2.34. The van der Waals surface area contributed by atoms with E-state index in [0.717, 1.165) is 5.56 Å². The summed E-state index contributed by atoms with van der Waals surface area (Å²) < 4.78 is 14.6. The molecule has 3 aromatic rings. The molecular formula is C22H21ClFN3O2S. The molecule has 5 nitrogen and oxygen atoms in total. The van der Waals surface area contributed by atoms with Crippen molar-refractivity contribution < 1.29 is 9.18 Å². The Bertz CT molecular complexity index is 1150. The highest BCUT2D eigenvalue weighted by Gasteiger charge is 2.21. The molecule has 1 amide bonds. The first-order chi connectivity index (χ1) is 14.3. The van der Waals surface area contributed by atoms with Gasteiger partial charge in [-0.05, 0) is 49.7 Å². The van der Waals surface area contributed by atoms with Crippen LogP contribution >= 0.6 is 23.4 Å². The minimum Gasteiger partial charge on any atom is -0.349 e. The molecule has 1 N–H and O–H groups in total. The third kappa shape index (κ3) is 4.91.